The molecule has 0 aliphatic rings. The first-order valence-corrected chi connectivity index (χ1v) is 10.9. The number of nitrogens with zero attached hydrogens (tertiary/aromatic N) is 2. The molecule has 2 heterocycles. The predicted molar refractivity (Wildman–Crippen MR) is 128 cm³/mol. The van der Waals surface area contributed by atoms with Crippen LogP contribution in [0.2, 0.25) is 5.28 Å². The van der Waals surface area contributed by atoms with E-state index in [1.807, 2.05) is 12.1 Å². The van der Waals surface area contributed by atoms with Gasteiger partial charge in [-0.1, -0.05) is 84.9 Å². The smallest absolute Gasteiger partial charge is 0.216 e. The SMILES string of the molecule is Clc1nc(-c2ccc(-c3cccc4ccccc34)cc2)c2sc3ccccc3c2n1. The summed E-state index contributed by atoms with van der Waals surface area (Å²) in [6, 6.07) is 31.7. The number of hydrogen-bond acceptors (Lipinski definition) is 3. The van der Waals surface area contributed by atoms with Gasteiger partial charge in [0, 0.05) is 15.6 Å². The Kier molecular flexibility index (Phi) is 4.05. The van der Waals surface area contributed by atoms with E-state index in [2.05, 4.69) is 88.8 Å². The third-order valence-electron chi connectivity index (χ3n) is 5.45. The van der Waals surface area contributed by atoms with Crippen LogP contribution in [0.15, 0.2) is 91.0 Å². The highest BCUT2D eigenvalue weighted by molar-refractivity contribution is 7.26. The van der Waals surface area contributed by atoms with Crippen LogP contribution in [0.5, 0.6) is 0 Å². The van der Waals surface area contributed by atoms with Crippen LogP contribution in [0.25, 0.3) is 53.5 Å². The first-order chi connectivity index (χ1) is 14.8. The fraction of sp³-hybridized carbons (Fsp3) is 0. The Morgan fingerprint density at radius 3 is 2.20 bits per heavy atom. The molecule has 2 aromatic heterocycles. The van der Waals surface area contributed by atoms with Crippen LogP contribution in [0.4, 0.5) is 0 Å². The van der Waals surface area contributed by atoms with Crippen molar-refractivity contribution in [2.75, 3.05) is 0 Å². The molecule has 0 bridgehead atoms. The molecule has 0 aliphatic carbocycles. The largest absolute Gasteiger partial charge is 0.223 e. The maximum atomic E-state index is 6.31. The first-order valence-electron chi connectivity index (χ1n) is 9.71. The third-order valence-corrected chi connectivity index (χ3v) is 6.79. The van der Waals surface area contributed by atoms with Gasteiger partial charge in [0.1, 0.15) is 0 Å². The molecule has 0 atom stereocenters. The van der Waals surface area contributed by atoms with Crippen molar-refractivity contribution < 1.29 is 0 Å². The Balaban J connectivity index is 1.52. The van der Waals surface area contributed by atoms with E-state index in [1.54, 1.807) is 11.3 Å². The Labute approximate surface area is 182 Å². The van der Waals surface area contributed by atoms with E-state index < -0.39 is 0 Å². The summed E-state index contributed by atoms with van der Waals surface area (Å²) in [5.41, 5.74) is 5.26. The zero-order chi connectivity index (χ0) is 20.1. The van der Waals surface area contributed by atoms with Gasteiger partial charge in [-0.3, -0.25) is 0 Å². The van der Waals surface area contributed by atoms with E-state index in [0.717, 1.165) is 26.9 Å². The molecular weight excluding hydrogens is 408 g/mol. The Hall–Kier alpha value is -3.27. The van der Waals surface area contributed by atoms with E-state index in [1.165, 1.54) is 26.6 Å². The van der Waals surface area contributed by atoms with Crippen LogP contribution in [0.1, 0.15) is 0 Å². The van der Waals surface area contributed by atoms with E-state index in [0.29, 0.717) is 0 Å². The fourth-order valence-electron chi connectivity index (χ4n) is 4.04. The lowest BCUT2D eigenvalue weighted by Crippen LogP contribution is -1.89. The maximum Gasteiger partial charge on any atom is 0.223 e. The molecule has 0 aliphatic heterocycles. The minimum atomic E-state index is 0.277. The molecule has 30 heavy (non-hydrogen) atoms. The Morgan fingerprint density at radius 1 is 0.633 bits per heavy atom. The van der Waals surface area contributed by atoms with Gasteiger partial charge >= 0.3 is 0 Å². The van der Waals surface area contributed by atoms with Crippen molar-refractivity contribution in [1.82, 2.24) is 9.97 Å². The zero-order valence-electron chi connectivity index (χ0n) is 15.8. The molecular formula is C26H15ClN2S. The van der Waals surface area contributed by atoms with Gasteiger partial charge in [-0.2, -0.15) is 0 Å². The highest BCUT2D eigenvalue weighted by Crippen LogP contribution is 2.39. The van der Waals surface area contributed by atoms with Crippen LogP contribution in [-0.4, -0.2) is 9.97 Å². The summed E-state index contributed by atoms with van der Waals surface area (Å²) in [4.78, 5) is 9.10. The minimum absolute atomic E-state index is 0.277. The molecule has 0 saturated carbocycles. The minimum Gasteiger partial charge on any atom is -0.216 e. The zero-order valence-corrected chi connectivity index (χ0v) is 17.4. The van der Waals surface area contributed by atoms with Crippen molar-refractivity contribution in [3.63, 3.8) is 0 Å². The fourth-order valence-corrected chi connectivity index (χ4v) is 5.37. The van der Waals surface area contributed by atoms with Gasteiger partial charge in [-0.05, 0) is 39.6 Å². The molecule has 0 spiro atoms. The summed E-state index contributed by atoms with van der Waals surface area (Å²) in [7, 11) is 0. The second kappa shape index (κ2) is 6.91. The van der Waals surface area contributed by atoms with Crippen molar-refractivity contribution in [3.8, 4) is 22.4 Å². The molecule has 0 radical (unpaired) electrons. The summed E-state index contributed by atoms with van der Waals surface area (Å²) in [6.07, 6.45) is 0. The monoisotopic (exact) mass is 422 g/mol. The van der Waals surface area contributed by atoms with Gasteiger partial charge in [0.05, 0.1) is 15.9 Å². The summed E-state index contributed by atoms with van der Waals surface area (Å²) in [5.74, 6) is 0. The van der Waals surface area contributed by atoms with Gasteiger partial charge in [0.25, 0.3) is 0 Å². The molecule has 2 nitrogen and oxygen atoms in total. The third kappa shape index (κ3) is 2.78. The van der Waals surface area contributed by atoms with E-state index in [-0.39, 0.29) is 5.28 Å². The van der Waals surface area contributed by atoms with Gasteiger partial charge in [-0.25, -0.2) is 9.97 Å². The van der Waals surface area contributed by atoms with Crippen molar-refractivity contribution in [1.29, 1.82) is 0 Å². The van der Waals surface area contributed by atoms with E-state index in [4.69, 9.17) is 11.6 Å². The average Bonchev–Trinajstić information content (AvgIpc) is 3.17. The van der Waals surface area contributed by atoms with Crippen molar-refractivity contribution in [2.24, 2.45) is 0 Å². The van der Waals surface area contributed by atoms with Crippen LogP contribution in [0.3, 0.4) is 0 Å². The van der Waals surface area contributed by atoms with Gasteiger partial charge < -0.3 is 0 Å². The lowest BCUT2D eigenvalue weighted by atomic mass is 9.97. The van der Waals surface area contributed by atoms with Crippen molar-refractivity contribution >= 4 is 54.0 Å². The van der Waals surface area contributed by atoms with Gasteiger partial charge in [-0.15, -0.1) is 11.3 Å². The summed E-state index contributed by atoms with van der Waals surface area (Å²) in [5, 5.41) is 3.90. The number of thiophene rings is 1. The number of aromatic nitrogens is 2. The van der Waals surface area contributed by atoms with Gasteiger partial charge in [0.2, 0.25) is 5.28 Å². The standard InChI is InChI=1S/C26H15ClN2S/c27-26-28-23(25-24(29-26)21-9-3-4-11-22(21)30-25)18-14-12-17(13-15-18)20-10-5-7-16-6-1-2-8-19(16)20/h1-15H. The topological polar surface area (TPSA) is 25.8 Å². The van der Waals surface area contributed by atoms with Crippen LogP contribution < -0.4 is 0 Å². The average molecular weight is 423 g/mol. The quantitative estimate of drug-likeness (QED) is 0.264. The second-order valence-electron chi connectivity index (χ2n) is 7.22. The molecule has 6 aromatic rings. The van der Waals surface area contributed by atoms with Gasteiger partial charge in [0.15, 0.2) is 0 Å². The summed E-state index contributed by atoms with van der Waals surface area (Å²) in [6.45, 7) is 0. The number of hydrogen-bond donors (Lipinski definition) is 0. The lowest BCUT2D eigenvalue weighted by Gasteiger charge is -2.08. The first kappa shape index (κ1) is 17.6. The predicted octanol–water partition coefficient (Wildman–Crippen LogP) is 7.99. The molecule has 0 N–H and O–H groups in total. The molecule has 0 fully saturated rings. The molecule has 0 saturated heterocycles. The lowest BCUT2D eigenvalue weighted by molar-refractivity contribution is 1.24. The van der Waals surface area contributed by atoms with E-state index in [9.17, 15) is 0 Å². The number of halogens is 1. The molecule has 4 aromatic carbocycles. The summed E-state index contributed by atoms with van der Waals surface area (Å²) < 4.78 is 2.26. The van der Waals surface area contributed by atoms with Crippen molar-refractivity contribution in [2.45, 2.75) is 0 Å². The normalized spacial score (nSPS) is 11.5. The number of benzene rings is 4. The maximum absolute atomic E-state index is 6.31. The second-order valence-corrected chi connectivity index (χ2v) is 8.61. The molecule has 4 heteroatoms. The molecule has 142 valence electrons. The summed E-state index contributed by atoms with van der Waals surface area (Å²) >= 11 is 8.02. The molecule has 0 unspecified atom stereocenters. The highest BCUT2D eigenvalue weighted by atomic mass is 35.5. The van der Waals surface area contributed by atoms with Crippen LogP contribution in [-0.2, 0) is 0 Å². The number of fused-ring (bicyclic) bond motifs is 4. The van der Waals surface area contributed by atoms with Crippen molar-refractivity contribution in [3.05, 3.63) is 96.3 Å². The molecule has 0 amide bonds. The van der Waals surface area contributed by atoms with E-state index >= 15 is 0 Å². The van der Waals surface area contributed by atoms with Crippen LogP contribution in [0, 0.1) is 0 Å². The highest BCUT2D eigenvalue weighted by Gasteiger charge is 2.15. The Bertz CT molecular complexity index is 1550. The molecule has 6 rings (SSSR count). The van der Waals surface area contributed by atoms with Crippen LogP contribution >= 0.6 is 22.9 Å². The Morgan fingerprint density at radius 2 is 1.33 bits per heavy atom. The number of rotatable bonds is 2.